The number of rotatable bonds is 5. The molecule has 0 fully saturated rings. The highest BCUT2D eigenvalue weighted by Crippen LogP contribution is 2.27. The summed E-state index contributed by atoms with van der Waals surface area (Å²) in [7, 11) is 0. The maximum absolute atomic E-state index is 12.8. The van der Waals surface area contributed by atoms with Crippen molar-refractivity contribution in [2.75, 3.05) is 5.32 Å². The van der Waals surface area contributed by atoms with Crippen molar-refractivity contribution in [2.45, 2.75) is 13.5 Å². The SMILES string of the molecule is Cc1ccc(Cl)cc1NC(=O)/C(C#N)=C\c1cn(Cc2ccccc2Cl)c2ccccc12. The van der Waals surface area contributed by atoms with Crippen molar-refractivity contribution < 1.29 is 4.79 Å². The number of nitrogens with zero attached hydrogens (tertiary/aromatic N) is 2. The first-order valence-corrected chi connectivity index (χ1v) is 10.7. The first-order valence-electron chi connectivity index (χ1n) is 9.97. The Bertz CT molecular complexity index is 1400. The zero-order valence-electron chi connectivity index (χ0n) is 17.3. The number of carbonyl (C=O) groups excluding carboxylic acids is 1. The van der Waals surface area contributed by atoms with E-state index in [1.807, 2.05) is 73.8 Å². The molecule has 0 saturated carbocycles. The van der Waals surface area contributed by atoms with Crippen LogP contribution in [0.2, 0.25) is 10.0 Å². The largest absolute Gasteiger partial charge is 0.342 e. The van der Waals surface area contributed by atoms with E-state index in [2.05, 4.69) is 9.88 Å². The quantitative estimate of drug-likeness (QED) is 0.262. The van der Waals surface area contributed by atoms with Crippen LogP contribution in [0.1, 0.15) is 16.7 Å². The molecular formula is C26H19Cl2N3O. The van der Waals surface area contributed by atoms with Crippen LogP contribution in [0, 0.1) is 18.3 Å². The number of amides is 1. The Labute approximate surface area is 196 Å². The fraction of sp³-hybridized carbons (Fsp3) is 0.0769. The van der Waals surface area contributed by atoms with Crippen molar-refractivity contribution in [3.05, 3.63) is 105 Å². The summed E-state index contributed by atoms with van der Waals surface area (Å²) in [6.07, 6.45) is 3.55. The topological polar surface area (TPSA) is 57.8 Å². The van der Waals surface area contributed by atoms with Crippen LogP contribution < -0.4 is 5.32 Å². The van der Waals surface area contributed by atoms with Gasteiger partial charge in [-0.3, -0.25) is 4.79 Å². The molecule has 0 unspecified atom stereocenters. The molecule has 0 spiro atoms. The normalized spacial score (nSPS) is 11.4. The molecule has 0 aliphatic rings. The predicted molar refractivity (Wildman–Crippen MR) is 131 cm³/mol. The van der Waals surface area contributed by atoms with Crippen LogP contribution in [0.3, 0.4) is 0 Å². The highest BCUT2D eigenvalue weighted by molar-refractivity contribution is 6.31. The van der Waals surface area contributed by atoms with E-state index in [0.717, 1.165) is 27.6 Å². The molecule has 4 rings (SSSR count). The fourth-order valence-electron chi connectivity index (χ4n) is 3.55. The molecule has 6 heteroatoms. The molecule has 1 N–H and O–H groups in total. The molecule has 1 heterocycles. The van der Waals surface area contributed by atoms with Crippen molar-refractivity contribution in [3.8, 4) is 6.07 Å². The second kappa shape index (κ2) is 9.32. The molecule has 1 amide bonds. The van der Waals surface area contributed by atoms with Gasteiger partial charge in [-0.25, -0.2) is 0 Å². The van der Waals surface area contributed by atoms with Crippen molar-refractivity contribution in [1.82, 2.24) is 4.57 Å². The van der Waals surface area contributed by atoms with E-state index in [-0.39, 0.29) is 5.57 Å². The van der Waals surface area contributed by atoms with Gasteiger partial charge in [0.15, 0.2) is 0 Å². The van der Waals surface area contributed by atoms with Crippen LogP contribution >= 0.6 is 23.2 Å². The molecule has 0 radical (unpaired) electrons. The molecule has 4 nitrogen and oxygen atoms in total. The van der Waals surface area contributed by atoms with E-state index in [1.165, 1.54) is 0 Å². The first-order chi connectivity index (χ1) is 15.5. The van der Waals surface area contributed by atoms with Gasteiger partial charge >= 0.3 is 0 Å². The van der Waals surface area contributed by atoms with Gasteiger partial charge in [0.25, 0.3) is 5.91 Å². The van der Waals surface area contributed by atoms with Crippen LogP contribution in [0.4, 0.5) is 5.69 Å². The number of fused-ring (bicyclic) bond motifs is 1. The minimum atomic E-state index is -0.485. The Morgan fingerprint density at radius 1 is 1.09 bits per heavy atom. The highest BCUT2D eigenvalue weighted by atomic mass is 35.5. The summed E-state index contributed by atoms with van der Waals surface area (Å²) in [6, 6.07) is 22.8. The number of nitriles is 1. The predicted octanol–water partition coefficient (Wildman–Crippen LogP) is 6.85. The first kappa shape index (κ1) is 21.7. The van der Waals surface area contributed by atoms with Gasteiger partial charge in [-0.1, -0.05) is 65.7 Å². The summed E-state index contributed by atoms with van der Waals surface area (Å²) < 4.78 is 2.07. The second-order valence-corrected chi connectivity index (χ2v) is 8.25. The Balaban J connectivity index is 1.70. The Kier molecular flexibility index (Phi) is 6.32. The van der Waals surface area contributed by atoms with Gasteiger partial charge in [0.2, 0.25) is 0 Å². The molecule has 0 aliphatic heterocycles. The lowest BCUT2D eigenvalue weighted by Crippen LogP contribution is -2.14. The Hall–Kier alpha value is -3.52. The molecule has 1 aromatic heterocycles. The third kappa shape index (κ3) is 4.55. The molecular weight excluding hydrogens is 441 g/mol. The smallest absolute Gasteiger partial charge is 0.266 e. The summed E-state index contributed by atoms with van der Waals surface area (Å²) in [5, 5.41) is 14.6. The van der Waals surface area contributed by atoms with Crippen LogP contribution in [0.15, 0.2) is 78.5 Å². The average Bonchev–Trinajstić information content (AvgIpc) is 3.13. The third-order valence-electron chi connectivity index (χ3n) is 5.23. The minimum absolute atomic E-state index is 0.00465. The number of nitrogens with one attached hydrogen (secondary N) is 1. The Morgan fingerprint density at radius 3 is 2.62 bits per heavy atom. The number of hydrogen-bond donors (Lipinski definition) is 1. The van der Waals surface area contributed by atoms with Gasteiger partial charge in [0, 0.05) is 44.9 Å². The molecule has 4 aromatic rings. The van der Waals surface area contributed by atoms with Crippen molar-refractivity contribution in [1.29, 1.82) is 5.26 Å². The molecule has 0 atom stereocenters. The molecule has 0 aliphatic carbocycles. The highest BCUT2D eigenvalue weighted by Gasteiger charge is 2.14. The van der Waals surface area contributed by atoms with Gasteiger partial charge in [-0.05, 0) is 48.4 Å². The second-order valence-electron chi connectivity index (χ2n) is 7.40. The van der Waals surface area contributed by atoms with Crippen molar-refractivity contribution in [2.24, 2.45) is 0 Å². The van der Waals surface area contributed by atoms with E-state index in [9.17, 15) is 10.1 Å². The average molecular weight is 460 g/mol. The maximum Gasteiger partial charge on any atom is 0.266 e. The lowest BCUT2D eigenvalue weighted by atomic mass is 10.1. The fourth-order valence-corrected chi connectivity index (χ4v) is 3.92. The third-order valence-corrected chi connectivity index (χ3v) is 5.83. The number of benzene rings is 3. The number of anilines is 1. The molecule has 158 valence electrons. The summed E-state index contributed by atoms with van der Waals surface area (Å²) in [6.45, 7) is 2.44. The van der Waals surface area contributed by atoms with Gasteiger partial charge in [-0.15, -0.1) is 0 Å². The van der Waals surface area contributed by atoms with E-state index in [4.69, 9.17) is 23.2 Å². The van der Waals surface area contributed by atoms with Crippen molar-refractivity contribution in [3.63, 3.8) is 0 Å². The van der Waals surface area contributed by atoms with Gasteiger partial charge in [-0.2, -0.15) is 5.26 Å². The van der Waals surface area contributed by atoms with Crippen LogP contribution in [-0.2, 0) is 11.3 Å². The van der Waals surface area contributed by atoms with Crippen LogP contribution in [0.5, 0.6) is 0 Å². The van der Waals surface area contributed by atoms with Crippen LogP contribution in [-0.4, -0.2) is 10.5 Å². The van der Waals surface area contributed by atoms with Gasteiger partial charge in [0.1, 0.15) is 11.6 Å². The zero-order valence-corrected chi connectivity index (χ0v) is 18.8. The monoisotopic (exact) mass is 459 g/mol. The lowest BCUT2D eigenvalue weighted by molar-refractivity contribution is -0.112. The number of para-hydroxylation sites is 1. The maximum atomic E-state index is 12.8. The lowest BCUT2D eigenvalue weighted by Gasteiger charge is -2.08. The van der Waals surface area contributed by atoms with Gasteiger partial charge < -0.3 is 9.88 Å². The van der Waals surface area contributed by atoms with E-state index >= 15 is 0 Å². The molecule has 32 heavy (non-hydrogen) atoms. The Morgan fingerprint density at radius 2 is 1.84 bits per heavy atom. The number of carbonyl (C=O) groups is 1. The van der Waals surface area contributed by atoms with E-state index in [0.29, 0.717) is 22.3 Å². The van der Waals surface area contributed by atoms with E-state index in [1.54, 1.807) is 18.2 Å². The summed E-state index contributed by atoms with van der Waals surface area (Å²) in [5.74, 6) is -0.485. The summed E-state index contributed by atoms with van der Waals surface area (Å²) >= 11 is 12.4. The minimum Gasteiger partial charge on any atom is -0.342 e. The molecule has 0 saturated heterocycles. The van der Waals surface area contributed by atoms with Crippen LogP contribution in [0.25, 0.3) is 17.0 Å². The number of hydrogen-bond acceptors (Lipinski definition) is 2. The molecule has 0 bridgehead atoms. The summed E-state index contributed by atoms with van der Waals surface area (Å²) in [4.78, 5) is 12.8. The standard InChI is InChI=1S/C26H19Cl2N3O/c1-17-10-11-21(27)13-24(17)30-26(32)19(14-29)12-20-16-31(25-9-5-3-7-22(20)25)15-18-6-2-4-8-23(18)28/h2-13,16H,15H2,1H3,(H,30,32)/b19-12-. The zero-order chi connectivity index (χ0) is 22.7. The molecule has 3 aromatic carbocycles. The number of aryl methyl sites for hydroxylation is 1. The summed E-state index contributed by atoms with van der Waals surface area (Å²) in [5.41, 5.74) is 4.19. The van der Waals surface area contributed by atoms with Gasteiger partial charge in [0.05, 0.1) is 0 Å². The number of aromatic nitrogens is 1. The van der Waals surface area contributed by atoms with Crippen molar-refractivity contribution >= 4 is 51.8 Å². The van der Waals surface area contributed by atoms with E-state index < -0.39 is 5.91 Å². The number of halogens is 2.